The molecule has 0 aromatic heterocycles. The van der Waals surface area contributed by atoms with Crippen LogP contribution in [0.1, 0.15) is 13.3 Å². The zero-order chi connectivity index (χ0) is 14.0. The van der Waals surface area contributed by atoms with Crippen LogP contribution in [0.3, 0.4) is 0 Å². The highest BCUT2D eigenvalue weighted by atomic mass is 19.1. The number of hydrogen-bond acceptors (Lipinski definition) is 4. The molecule has 1 atom stereocenters. The monoisotopic (exact) mass is 267 g/mol. The number of halogens is 1. The smallest absolute Gasteiger partial charge is 0.148 e. The number of rotatable bonds is 3. The molecule has 2 N–H and O–H groups in total. The van der Waals surface area contributed by atoms with Gasteiger partial charge in [-0.25, -0.2) is 4.39 Å². The van der Waals surface area contributed by atoms with Crippen LogP contribution in [0.2, 0.25) is 0 Å². The Morgan fingerprint density at radius 2 is 2.16 bits per heavy atom. The van der Waals surface area contributed by atoms with Crippen LogP contribution in [0.15, 0.2) is 12.1 Å². The van der Waals surface area contributed by atoms with Crippen molar-refractivity contribution in [2.75, 3.05) is 44.4 Å². The molecule has 5 heteroatoms. The Labute approximate surface area is 113 Å². The van der Waals surface area contributed by atoms with Crippen LogP contribution in [-0.4, -0.2) is 44.7 Å². The van der Waals surface area contributed by atoms with Crippen molar-refractivity contribution in [1.29, 1.82) is 0 Å². The molecule has 0 radical (unpaired) electrons. The summed E-state index contributed by atoms with van der Waals surface area (Å²) in [6, 6.07) is 3.49. The van der Waals surface area contributed by atoms with Gasteiger partial charge in [0, 0.05) is 37.8 Å². The van der Waals surface area contributed by atoms with Gasteiger partial charge in [0.25, 0.3) is 0 Å². The average molecular weight is 267 g/mol. The van der Waals surface area contributed by atoms with Crippen molar-refractivity contribution in [2.24, 2.45) is 0 Å². The predicted molar refractivity (Wildman–Crippen MR) is 76.3 cm³/mol. The van der Waals surface area contributed by atoms with E-state index in [-0.39, 0.29) is 5.82 Å². The van der Waals surface area contributed by atoms with Gasteiger partial charge < -0.3 is 15.4 Å². The summed E-state index contributed by atoms with van der Waals surface area (Å²) < 4.78 is 19.3. The molecule has 1 aliphatic rings. The van der Waals surface area contributed by atoms with Crippen LogP contribution in [-0.2, 0) is 0 Å². The Balaban J connectivity index is 2.26. The first kappa shape index (κ1) is 13.9. The van der Waals surface area contributed by atoms with Gasteiger partial charge in [0.05, 0.1) is 18.5 Å². The molecule has 19 heavy (non-hydrogen) atoms. The van der Waals surface area contributed by atoms with E-state index < -0.39 is 0 Å². The lowest BCUT2D eigenvalue weighted by Crippen LogP contribution is -2.51. The maximum atomic E-state index is 14.1. The quantitative estimate of drug-likeness (QED) is 0.850. The average Bonchev–Trinajstić information content (AvgIpc) is 2.40. The number of nitrogen functional groups attached to an aromatic ring is 1. The number of nitrogens with two attached hydrogens (primary N) is 1. The standard InChI is InChI=1S/C14H22FN3O/c1-4-10-9-18(6-5-17(10)2)13-8-14(19-3)12(16)7-11(13)15/h7-8,10H,4-6,9,16H2,1-3H3. The van der Waals surface area contributed by atoms with Gasteiger partial charge in [0.2, 0.25) is 0 Å². The first-order chi connectivity index (χ1) is 9.06. The maximum absolute atomic E-state index is 14.1. The van der Waals surface area contributed by atoms with E-state index in [9.17, 15) is 4.39 Å². The van der Waals surface area contributed by atoms with Gasteiger partial charge in [-0.05, 0) is 13.5 Å². The minimum atomic E-state index is -0.280. The molecule has 1 unspecified atom stereocenters. The summed E-state index contributed by atoms with van der Waals surface area (Å²) in [6.07, 6.45) is 1.06. The van der Waals surface area contributed by atoms with Crippen LogP contribution >= 0.6 is 0 Å². The lowest BCUT2D eigenvalue weighted by Gasteiger charge is -2.40. The Kier molecular flexibility index (Phi) is 4.14. The van der Waals surface area contributed by atoms with Crippen molar-refractivity contribution in [2.45, 2.75) is 19.4 Å². The Hall–Kier alpha value is -1.49. The number of ether oxygens (including phenoxy) is 1. The number of benzene rings is 1. The van der Waals surface area contributed by atoms with Gasteiger partial charge in [-0.3, -0.25) is 4.90 Å². The van der Waals surface area contributed by atoms with Gasteiger partial charge in [-0.15, -0.1) is 0 Å². The molecule has 0 amide bonds. The second-order valence-electron chi connectivity index (χ2n) is 5.03. The van der Waals surface area contributed by atoms with Gasteiger partial charge in [0.15, 0.2) is 0 Å². The summed E-state index contributed by atoms with van der Waals surface area (Å²) in [5.41, 5.74) is 6.63. The third-order valence-corrected chi connectivity index (χ3v) is 3.89. The van der Waals surface area contributed by atoms with Crippen molar-refractivity contribution in [3.8, 4) is 5.75 Å². The van der Waals surface area contributed by atoms with Crippen LogP contribution < -0.4 is 15.4 Å². The number of nitrogens with zero attached hydrogens (tertiary/aromatic N) is 2. The summed E-state index contributed by atoms with van der Waals surface area (Å²) in [4.78, 5) is 4.40. The molecular formula is C14H22FN3O. The van der Waals surface area contributed by atoms with Crippen LogP contribution in [0.25, 0.3) is 0 Å². The number of likely N-dealkylation sites (N-methyl/N-ethyl adjacent to an activating group) is 1. The summed E-state index contributed by atoms with van der Waals surface area (Å²) in [7, 11) is 3.66. The summed E-state index contributed by atoms with van der Waals surface area (Å²) in [6.45, 7) is 4.74. The number of methoxy groups -OCH3 is 1. The first-order valence-electron chi connectivity index (χ1n) is 6.65. The van der Waals surface area contributed by atoms with E-state index >= 15 is 0 Å². The number of anilines is 2. The summed E-state index contributed by atoms with van der Waals surface area (Å²) >= 11 is 0. The molecular weight excluding hydrogens is 245 g/mol. The van der Waals surface area contributed by atoms with Crippen LogP contribution in [0.5, 0.6) is 5.75 Å². The molecule has 0 aliphatic carbocycles. The van der Waals surface area contributed by atoms with Gasteiger partial charge in [-0.2, -0.15) is 0 Å². The minimum absolute atomic E-state index is 0.280. The second-order valence-corrected chi connectivity index (χ2v) is 5.03. The fourth-order valence-corrected chi connectivity index (χ4v) is 2.58. The first-order valence-corrected chi connectivity index (χ1v) is 6.65. The zero-order valence-corrected chi connectivity index (χ0v) is 11.8. The highest BCUT2D eigenvalue weighted by Gasteiger charge is 2.25. The Morgan fingerprint density at radius 1 is 1.42 bits per heavy atom. The molecule has 1 saturated heterocycles. The summed E-state index contributed by atoms with van der Waals surface area (Å²) in [5, 5.41) is 0. The molecule has 1 aliphatic heterocycles. The molecule has 0 saturated carbocycles. The van der Waals surface area contributed by atoms with E-state index in [0.29, 0.717) is 23.2 Å². The lowest BCUT2D eigenvalue weighted by molar-refractivity contribution is 0.213. The molecule has 1 aromatic rings. The van der Waals surface area contributed by atoms with Crippen LogP contribution in [0.4, 0.5) is 15.8 Å². The lowest BCUT2D eigenvalue weighted by atomic mass is 10.1. The molecule has 4 nitrogen and oxygen atoms in total. The zero-order valence-electron chi connectivity index (χ0n) is 11.8. The molecule has 2 rings (SSSR count). The summed E-state index contributed by atoms with van der Waals surface area (Å²) in [5.74, 6) is 0.251. The highest BCUT2D eigenvalue weighted by molar-refractivity contribution is 5.63. The van der Waals surface area contributed by atoms with Gasteiger partial charge in [0.1, 0.15) is 11.6 Å². The molecule has 0 bridgehead atoms. The molecule has 1 fully saturated rings. The van der Waals surface area contributed by atoms with E-state index in [1.807, 2.05) is 0 Å². The van der Waals surface area contributed by atoms with E-state index in [1.54, 1.807) is 13.2 Å². The predicted octanol–water partition coefficient (Wildman–Crippen LogP) is 1.95. The van der Waals surface area contributed by atoms with E-state index in [2.05, 4.69) is 23.8 Å². The fraction of sp³-hybridized carbons (Fsp3) is 0.571. The third kappa shape index (κ3) is 2.76. The Morgan fingerprint density at radius 3 is 2.79 bits per heavy atom. The second kappa shape index (κ2) is 5.65. The molecule has 1 heterocycles. The van der Waals surface area contributed by atoms with Crippen LogP contribution in [0, 0.1) is 5.82 Å². The highest BCUT2D eigenvalue weighted by Crippen LogP contribution is 2.31. The SMILES string of the molecule is CCC1CN(c2cc(OC)c(N)cc2F)CCN1C. The van der Waals surface area contributed by atoms with Gasteiger partial charge in [-0.1, -0.05) is 6.92 Å². The van der Waals surface area contributed by atoms with Crippen molar-refractivity contribution in [3.63, 3.8) is 0 Å². The largest absolute Gasteiger partial charge is 0.495 e. The number of hydrogen-bond donors (Lipinski definition) is 1. The van der Waals surface area contributed by atoms with Crippen molar-refractivity contribution >= 4 is 11.4 Å². The number of piperazine rings is 1. The third-order valence-electron chi connectivity index (χ3n) is 3.89. The molecule has 1 aromatic carbocycles. The normalized spacial score (nSPS) is 20.6. The topological polar surface area (TPSA) is 41.7 Å². The van der Waals surface area contributed by atoms with Gasteiger partial charge >= 0.3 is 0 Å². The fourth-order valence-electron chi connectivity index (χ4n) is 2.58. The van der Waals surface area contributed by atoms with Crippen molar-refractivity contribution in [3.05, 3.63) is 17.9 Å². The Bertz CT molecular complexity index is 453. The van der Waals surface area contributed by atoms with Crippen molar-refractivity contribution < 1.29 is 9.13 Å². The van der Waals surface area contributed by atoms with E-state index in [1.165, 1.54) is 6.07 Å². The van der Waals surface area contributed by atoms with Crippen molar-refractivity contribution in [1.82, 2.24) is 4.90 Å². The minimum Gasteiger partial charge on any atom is -0.495 e. The molecule has 106 valence electrons. The molecule has 0 spiro atoms. The maximum Gasteiger partial charge on any atom is 0.148 e. The van der Waals surface area contributed by atoms with E-state index in [0.717, 1.165) is 26.1 Å². The van der Waals surface area contributed by atoms with E-state index in [4.69, 9.17) is 10.5 Å².